The molecular formula is C56H111NO4. The van der Waals surface area contributed by atoms with Gasteiger partial charge in [-0.2, -0.15) is 0 Å². The average molecular weight is 863 g/mol. The van der Waals surface area contributed by atoms with Gasteiger partial charge in [0.1, 0.15) is 5.75 Å². The van der Waals surface area contributed by atoms with Crippen LogP contribution in [0.5, 0.6) is 5.75 Å². The predicted molar refractivity (Wildman–Crippen MR) is 271 cm³/mol. The summed E-state index contributed by atoms with van der Waals surface area (Å²) in [4.78, 5) is 12.6. The van der Waals surface area contributed by atoms with E-state index in [1.54, 1.807) is 5.56 Å². The molecule has 0 amide bonds. The fourth-order valence-corrected chi connectivity index (χ4v) is 8.75. The second kappa shape index (κ2) is 43.7. The first-order valence-corrected chi connectivity index (χ1v) is 27.0. The number of aryl methyl sites for hydroxylation is 1. The van der Waals surface area contributed by atoms with E-state index in [9.17, 15) is 9.90 Å². The molecule has 0 aromatic heterocycles. The van der Waals surface area contributed by atoms with Gasteiger partial charge in [0, 0.05) is 0 Å². The molecular weight excluding hydrogens is 751 g/mol. The zero-order valence-corrected chi connectivity index (χ0v) is 43.7. The molecule has 0 aliphatic heterocycles. The Labute approximate surface area is 383 Å². The summed E-state index contributed by atoms with van der Waals surface area (Å²) in [6, 6.07) is 2.10. The Morgan fingerprint density at radius 3 is 1.15 bits per heavy atom. The topological polar surface area (TPSA) is 76.5 Å². The molecule has 0 radical (unpaired) electrons. The lowest BCUT2D eigenvalue weighted by Crippen LogP contribution is -2.50. The van der Waals surface area contributed by atoms with Crippen LogP contribution in [0.3, 0.4) is 0 Å². The van der Waals surface area contributed by atoms with Crippen molar-refractivity contribution in [1.82, 2.24) is 0 Å². The molecule has 1 aromatic carbocycles. The second-order valence-electron chi connectivity index (χ2n) is 18.6. The van der Waals surface area contributed by atoms with Crippen molar-refractivity contribution in [2.75, 3.05) is 32.8 Å². The molecule has 0 saturated carbocycles. The van der Waals surface area contributed by atoms with Gasteiger partial charge < -0.3 is 19.8 Å². The van der Waals surface area contributed by atoms with Crippen molar-refractivity contribution < 1.29 is 24.6 Å². The summed E-state index contributed by atoms with van der Waals surface area (Å²) < 4.78 is 7.02. The maximum absolute atomic E-state index is 12.6. The van der Waals surface area contributed by atoms with Gasteiger partial charge in [0.15, 0.2) is 0 Å². The van der Waals surface area contributed by atoms with Crippen molar-refractivity contribution in [2.24, 2.45) is 5.41 Å². The predicted octanol–water partition coefficient (Wildman–Crippen LogP) is 17.5. The van der Waals surface area contributed by atoms with E-state index in [2.05, 4.69) is 89.2 Å². The molecule has 0 fully saturated rings. The molecule has 0 aliphatic carbocycles. The fraction of sp³-hybridized carbons (Fsp3) is 0.875. The van der Waals surface area contributed by atoms with Crippen LogP contribution in [0.25, 0.3) is 0 Å². The van der Waals surface area contributed by atoms with Crippen molar-refractivity contribution in [3.63, 3.8) is 0 Å². The maximum Gasteiger partial charge on any atom is 0.312 e. The van der Waals surface area contributed by atoms with Gasteiger partial charge in [-0.3, -0.25) is 4.79 Å². The largest absolute Gasteiger partial charge is 0.870 e. The first kappa shape index (κ1) is 63.7. The number of benzene rings is 1. The third-order valence-corrected chi connectivity index (χ3v) is 13.0. The molecule has 0 heterocycles. The van der Waals surface area contributed by atoms with Crippen molar-refractivity contribution in [3.8, 4) is 5.75 Å². The van der Waals surface area contributed by atoms with Gasteiger partial charge in [0.2, 0.25) is 0 Å². The van der Waals surface area contributed by atoms with E-state index >= 15 is 0 Å². The summed E-state index contributed by atoms with van der Waals surface area (Å²) in [5.74, 6) is 0.650. The summed E-state index contributed by atoms with van der Waals surface area (Å²) in [6.07, 6.45) is 37.3. The highest BCUT2D eigenvalue weighted by Gasteiger charge is 2.38. The lowest BCUT2D eigenvalue weighted by Gasteiger charge is -2.39. The number of hydrogen-bond acceptors (Lipinski definition) is 4. The van der Waals surface area contributed by atoms with E-state index in [1.165, 1.54) is 157 Å². The van der Waals surface area contributed by atoms with Crippen molar-refractivity contribution in [3.05, 3.63) is 28.3 Å². The monoisotopic (exact) mass is 862 g/mol. The Hall–Kier alpha value is -1.59. The third kappa shape index (κ3) is 28.7. The Morgan fingerprint density at radius 2 is 0.787 bits per heavy atom. The normalized spacial score (nSPS) is 11.3. The van der Waals surface area contributed by atoms with Crippen LogP contribution in [0, 0.1) is 5.41 Å². The van der Waals surface area contributed by atoms with Crippen LogP contribution in [-0.2, 0) is 35.2 Å². The molecule has 1 aromatic rings. The Balaban J connectivity index is -0.000000831. The Bertz CT molecular complexity index is 1040. The number of unbranched alkanes of at least 4 members (excludes halogenated alkanes) is 12. The minimum Gasteiger partial charge on any atom is -0.870 e. The van der Waals surface area contributed by atoms with E-state index in [4.69, 9.17) is 4.74 Å². The van der Waals surface area contributed by atoms with Gasteiger partial charge in [0.05, 0.1) is 38.2 Å². The number of carbonyl (C=O) groups excluding carboxylic acids is 1. The van der Waals surface area contributed by atoms with Crippen LogP contribution >= 0.6 is 0 Å². The summed E-state index contributed by atoms with van der Waals surface area (Å²) >= 11 is 0. The number of phenols is 1. The fourth-order valence-electron chi connectivity index (χ4n) is 8.75. The van der Waals surface area contributed by atoms with Gasteiger partial charge in [-0.05, 0) is 131 Å². The van der Waals surface area contributed by atoms with Gasteiger partial charge in [-0.15, -0.1) is 0 Å². The molecule has 5 heteroatoms. The van der Waals surface area contributed by atoms with E-state index in [1.807, 2.05) is 0 Å². The molecule has 0 aliphatic rings. The number of hydrogen-bond donors (Lipinski definition) is 1. The van der Waals surface area contributed by atoms with Crippen molar-refractivity contribution in [1.29, 1.82) is 0 Å². The molecule has 1 rings (SSSR count). The first-order valence-electron chi connectivity index (χ1n) is 27.0. The lowest BCUT2D eigenvalue weighted by molar-refractivity contribution is -0.929. The minimum absolute atomic E-state index is 0. The molecule has 61 heavy (non-hydrogen) atoms. The SMILES string of the molecule is CCCCOC(=O)C(CCCC)(CCCC)CCCC.CCCC[N+](CCCC)(CCCC)CCCC.CCCCc1cc(O)c(CCCC)c(CCCC)c1CCCC.[OH-]. The van der Waals surface area contributed by atoms with Crippen LogP contribution in [0.1, 0.15) is 279 Å². The zero-order chi connectivity index (χ0) is 45.3. The standard InChI is InChI=1S/C22H38O.C18H36O2.C16H36N.H2O/c1-5-9-13-18-17-22(23)21(16-12-8-4)20(15-11-7-3)19(18)14-10-6-2;1-5-9-13-18(14-10-6-2,15-11-7-3)17(19)20-16-12-8-4;1-5-9-13-17(14-10-6-2,15-11-7-3)16-12-8-4;/h17,23H,5-16H2,1-4H3;5-16H2,1-4H3;5-16H2,1-4H3;1H2/q;;+1;/p-1. The number of carbonyl (C=O) groups is 1. The first-order chi connectivity index (χ1) is 29.1. The highest BCUT2D eigenvalue weighted by atomic mass is 16.5. The summed E-state index contributed by atoms with van der Waals surface area (Å²) in [5, 5.41) is 10.6. The van der Waals surface area contributed by atoms with Crippen molar-refractivity contribution in [2.45, 2.75) is 282 Å². The molecule has 0 saturated heterocycles. The number of rotatable bonds is 37. The van der Waals surface area contributed by atoms with Crippen LogP contribution < -0.4 is 0 Å². The average Bonchev–Trinajstić information content (AvgIpc) is 3.26. The lowest BCUT2D eigenvalue weighted by atomic mass is 9.74. The zero-order valence-electron chi connectivity index (χ0n) is 43.7. The molecule has 0 atom stereocenters. The Kier molecular flexibility index (Phi) is 45.6. The Morgan fingerprint density at radius 1 is 0.459 bits per heavy atom. The van der Waals surface area contributed by atoms with Gasteiger partial charge in [-0.1, -0.05) is 179 Å². The second-order valence-corrected chi connectivity index (χ2v) is 18.6. The van der Waals surface area contributed by atoms with Crippen LogP contribution in [-0.4, -0.2) is 53.8 Å². The molecule has 0 bridgehead atoms. The van der Waals surface area contributed by atoms with E-state index in [-0.39, 0.29) is 16.9 Å². The number of esters is 1. The maximum atomic E-state index is 12.6. The van der Waals surface area contributed by atoms with E-state index in [0.717, 1.165) is 89.9 Å². The van der Waals surface area contributed by atoms with Crippen molar-refractivity contribution >= 4 is 5.97 Å². The van der Waals surface area contributed by atoms with Crippen LogP contribution in [0.4, 0.5) is 0 Å². The number of nitrogens with zero attached hydrogens (tertiary/aromatic N) is 1. The van der Waals surface area contributed by atoms with Crippen LogP contribution in [0.15, 0.2) is 6.07 Å². The molecule has 364 valence electrons. The molecule has 0 unspecified atom stereocenters. The summed E-state index contributed by atoms with van der Waals surface area (Å²) in [7, 11) is 0. The van der Waals surface area contributed by atoms with Gasteiger partial charge >= 0.3 is 5.97 Å². The molecule has 0 spiro atoms. The summed E-state index contributed by atoms with van der Waals surface area (Å²) in [6.45, 7) is 33.4. The minimum atomic E-state index is -0.199. The highest BCUT2D eigenvalue weighted by molar-refractivity contribution is 5.76. The smallest absolute Gasteiger partial charge is 0.312 e. The van der Waals surface area contributed by atoms with Gasteiger partial charge in [-0.25, -0.2) is 0 Å². The summed E-state index contributed by atoms with van der Waals surface area (Å²) in [5.41, 5.74) is 5.56. The number of aromatic hydroxyl groups is 1. The molecule has 5 nitrogen and oxygen atoms in total. The van der Waals surface area contributed by atoms with E-state index < -0.39 is 0 Å². The quantitative estimate of drug-likeness (QED) is 0.0411. The molecule has 2 N–H and O–H groups in total. The number of quaternary nitrogens is 1. The number of phenolic OH excluding ortho intramolecular Hbond substituents is 1. The number of ether oxygens (including phenoxy) is 1. The van der Waals surface area contributed by atoms with E-state index in [0.29, 0.717) is 12.4 Å². The van der Waals surface area contributed by atoms with Crippen LogP contribution in [0.2, 0.25) is 0 Å². The van der Waals surface area contributed by atoms with Gasteiger partial charge in [0.25, 0.3) is 0 Å². The highest BCUT2D eigenvalue weighted by Crippen LogP contribution is 2.38. The third-order valence-electron chi connectivity index (χ3n) is 13.0.